The summed E-state index contributed by atoms with van der Waals surface area (Å²) in [6, 6.07) is 5.83. The molecule has 9 heteroatoms. The zero-order valence-electron chi connectivity index (χ0n) is 15.3. The molecule has 6 nitrogen and oxygen atoms in total. The summed E-state index contributed by atoms with van der Waals surface area (Å²) < 4.78 is 41.1. The largest absolute Gasteiger partial charge is 0.484 e. The van der Waals surface area contributed by atoms with Gasteiger partial charge in [-0.3, -0.25) is 19.3 Å². The molecular weight excluding hydrogens is 389 g/mol. The third-order valence-corrected chi connectivity index (χ3v) is 5.68. The average Bonchev–Trinajstić information content (AvgIpc) is 3.35. The molecule has 29 heavy (non-hydrogen) atoms. The van der Waals surface area contributed by atoms with Gasteiger partial charge in [0.15, 0.2) is 6.61 Å². The van der Waals surface area contributed by atoms with E-state index >= 15 is 0 Å². The van der Waals surface area contributed by atoms with Gasteiger partial charge in [-0.15, -0.1) is 0 Å². The van der Waals surface area contributed by atoms with Gasteiger partial charge in [0.25, 0.3) is 0 Å². The number of hydrogen-bond donors (Lipinski definition) is 1. The van der Waals surface area contributed by atoms with Crippen molar-refractivity contribution in [2.45, 2.75) is 19.1 Å². The number of ether oxygens (including phenoxy) is 1. The van der Waals surface area contributed by atoms with Crippen LogP contribution < -0.4 is 10.1 Å². The van der Waals surface area contributed by atoms with Crippen molar-refractivity contribution in [2.75, 3.05) is 13.2 Å². The van der Waals surface area contributed by atoms with E-state index in [4.69, 9.17) is 0 Å². The van der Waals surface area contributed by atoms with Gasteiger partial charge in [0.1, 0.15) is 12.3 Å². The van der Waals surface area contributed by atoms with Crippen molar-refractivity contribution < 1.29 is 32.3 Å². The van der Waals surface area contributed by atoms with E-state index in [0.717, 1.165) is 11.3 Å². The van der Waals surface area contributed by atoms with E-state index < -0.39 is 18.7 Å². The summed E-state index contributed by atoms with van der Waals surface area (Å²) in [5, 5.41) is 2.62. The smallest absolute Gasteiger partial charge is 0.422 e. The lowest BCUT2D eigenvalue weighted by Crippen LogP contribution is -2.41. The first-order valence-electron chi connectivity index (χ1n) is 9.31. The number of benzene rings is 1. The Kier molecular flexibility index (Phi) is 4.84. The summed E-state index contributed by atoms with van der Waals surface area (Å²) in [4.78, 5) is 38.4. The lowest BCUT2D eigenvalue weighted by molar-refractivity contribution is -0.153. The van der Waals surface area contributed by atoms with Crippen molar-refractivity contribution in [2.24, 2.45) is 23.7 Å². The van der Waals surface area contributed by atoms with E-state index in [1.165, 1.54) is 24.3 Å². The topological polar surface area (TPSA) is 75.7 Å². The molecule has 1 aliphatic heterocycles. The van der Waals surface area contributed by atoms with Crippen molar-refractivity contribution in [3.63, 3.8) is 0 Å². The van der Waals surface area contributed by atoms with Crippen LogP contribution in [0.3, 0.4) is 0 Å². The number of nitrogens with one attached hydrogen (secondary N) is 1. The highest BCUT2D eigenvalue weighted by molar-refractivity contribution is 6.08. The molecule has 2 bridgehead atoms. The molecule has 2 aliphatic carbocycles. The third kappa shape index (κ3) is 3.86. The van der Waals surface area contributed by atoms with Gasteiger partial charge in [-0.1, -0.05) is 24.3 Å². The Bertz CT molecular complexity index is 835. The van der Waals surface area contributed by atoms with Gasteiger partial charge in [0.05, 0.1) is 11.8 Å². The minimum atomic E-state index is -4.41. The van der Waals surface area contributed by atoms with Crippen LogP contribution >= 0.6 is 0 Å². The van der Waals surface area contributed by atoms with Gasteiger partial charge >= 0.3 is 6.18 Å². The average molecular weight is 408 g/mol. The van der Waals surface area contributed by atoms with Crippen LogP contribution in [0, 0.1) is 23.7 Å². The highest BCUT2D eigenvalue weighted by Crippen LogP contribution is 2.52. The van der Waals surface area contributed by atoms with Crippen LogP contribution in [0.1, 0.15) is 12.0 Å². The lowest BCUT2D eigenvalue weighted by atomic mass is 9.85. The lowest BCUT2D eigenvalue weighted by Gasteiger charge is -2.17. The maximum Gasteiger partial charge on any atom is 0.422 e. The SMILES string of the molecule is O=C(CN1C(=O)C2C3C=CC(C3)C2C1=O)NCc1ccc(OCC(F)(F)F)cc1. The molecule has 1 aromatic rings. The predicted octanol–water partition coefficient (Wildman–Crippen LogP) is 2.05. The summed E-state index contributed by atoms with van der Waals surface area (Å²) in [5.74, 6) is -1.45. The molecule has 3 aliphatic rings. The van der Waals surface area contributed by atoms with E-state index in [2.05, 4.69) is 10.1 Å². The molecule has 1 saturated carbocycles. The monoisotopic (exact) mass is 408 g/mol. The number of carbonyl (C=O) groups excluding carboxylic acids is 3. The molecule has 4 unspecified atom stereocenters. The number of rotatable bonds is 6. The minimum absolute atomic E-state index is 0.0699. The van der Waals surface area contributed by atoms with Gasteiger partial charge in [-0.05, 0) is 36.0 Å². The fourth-order valence-electron chi connectivity index (χ4n) is 4.39. The van der Waals surface area contributed by atoms with Crippen molar-refractivity contribution in [3.8, 4) is 5.75 Å². The molecule has 154 valence electrons. The molecule has 4 rings (SSSR count). The zero-order valence-corrected chi connectivity index (χ0v) is 15.3. The standard InChI is InChI=1S/C20H19F3N2O4/c21-20(22,23)10-29-14-5-1-11(2-6-14)8-24-15(26)9-25-18(27)16-12-3-4-13(7-12)17(16)19(25)28/h1-6,12-13,16-17H,7-10H2,(H,24,26). The summed E-state index contributed by atoms with van der Waals surface area (Å²) in [7, 11) is 0. The molecule has 1 heterocycles. The molecular formula is C20H19F3N2O4. The summed E-state index contributed by atoms with van der Waals surface area (Å²) in [6.45, 7) is -1.58. The Labute approximate surface area is 164 Å². The number of likely N-dealkylation sites (tertiary alicyclic amines) is 1. The van der Waals surface area contributed by atoms with E-state index in [0.29, 0.717) is 5.56 Å². The molecule has 1 saturated heterocycles. The summed E-state index contributed by atoms with van der Waals surface area (Å²) in [6.07, 6.45) is 0.395. The van der Waals surface area contributed by atoms with Gasteiger partial charge < -0.3 is 10.1 Å². The van der Waals surface area contributed by atoms with Crippen molar-refractivity contribution in [3.05, 3.63) is 42.0 Å². The number of amides is 3. The highest BCUT2D eigenvalue weighted by Gasteiger charge is 2.59. The first-order chi connectivity index (χ1) is 13.7. The molecule has 0 aromatic heterocycles. The molecule has 4 atom stereocenters. The molecule has 1 aromatic carbocycles. The second-order valence-corrected chi connectivity index (χ2v) is 7.59. The number of imide groups is 1. The fraction of sp³-hybridized carbons (Fsp3) is 0.450. The van der Waals surface area contributed by atoms with Crippen molar-refractivity contribution in [1.29, 1.82) is 0 Å². The van der Waals surface area contributed by atoms with E-state index in [1.54, 1.807) is 0 Å². The number of alkyl halides is 3. The van der Waals surface area contributed by atoms with Crippen LogP contribution in [0.15, 0.2) is 36.4 Å². The second-order valence-electron chi connectivity index (χ2n) is 7.59. The molecule has 3 amide bonds. The van der Waals surface area contributed by atoms with E-state index in [9.17, 15) is 27.6 Å². The quantitative estimate of drug-likeness (QED) is 0.578. The highest BCUT2D eigenvalue weighted by atomic mass is 19.4. The normalized spacial score (nSPS) is 27.5. The van der Waals surface area contributed by atoms with E-state index in [1.807, 2.05) is 12.2 Å². The number of allylic oxidation sites excluding steroid dienone is 2. The molecule has 1 N–H and O–H groups in total. The van der Waals surface area contributed by atoms with Gasteiger partial charge in [-0.25, -0.2) is 0 Å². The first kappa shape index (κ1) is 19.5. The number of halogens is 3. The van der Waals surface area contributed by atoms with E-state index in [-0.39, 0.29) is 54.3 Å². The van der Waals surface area contributed by atoms with Crippen LogP contribution in [-0.2, 0) is 20.9 Å². The van der Waals surface area contributed by atoms with Gasteiger partial charge in [-0.2, -0.15) is 13.2 Å². The van der Waals surface area contributed by atoms with Crippen LogP contribution in [0.25, 0.3) is 0 Å². The first-order valence-corrected chi connectivity index (χ1v) is 9.31. The second kappa shape index (κ2) is 7.20. The molecule has 0 radical (unpaired) electrons. The number of fused-ring (bicyclic) bond motifs is 5. The number of hydrogen-bond acceptors (Lipinski definition) is 4. The predicted molar refractivity (Wildman–Crippen MR) is 94.3 cm³/mol. The van der Waals surface area contributed by atoms with Crippen molar-refractivity contribution >= 4 is 17.7 Å². The Hall–Kier alpha value is -2.84. The Morgan fingerprint density at radius 1 is 1.07 bits per heavy atom. The summed E-state index contributed by atoms with van der Waals surface area (Å²) in [5.41, 5.74) is 0.649. The Morgan fingerprint density at radius 2 is 1.66 bits per heavy atom. The number of nitrogens with zero attached hydrogens (tertiary/aromatic N) is 1. The Balaban J connectivity index is 1.27. The maximum atomic E-state index is 12.6. The molecule has 2 fully saturated rings. The van der Waals surface area contributed by atoms with Crippen LogP contribution in [0.5, 0.6) is 5.75 Å². The van der Waals surface area contributed by atoms with Crippen molar-refractivity contribution in [1.82, 2.24) is 10.2 Å². The van der Waals surface area contributed by atoms with Crippen LogP contribution in [-0.4, -0.2) is 41.9 Å². The van der Waals surface area contributed by atoms with Crippen LogP contribution in [0.2, 0.25) is 0 Å². The third-order valence-electron chi connectivity index (χ3n) is 5.68. The Morgan fingerprint density at radius 3 is 2.21 bits per heavy atom. The number of carbonyl (C=O) groups is 3. The summed E-state index contributed by atoms with van der Waals surface area (Å²) >= 11 is 0. The minimum Gasteiger partial charge on any atom is -0.484 e. The fourth-order valence-corrected chi connectivity index (χ4v) is 4.39. The maximum absolute atomic E-state index is 12.6. The zero-order chi connectivity index (χ0) is 20.8. The van der Waals surface area contributed by atoms with Gasteiger partial charge in [0, 0.05) is 6.54 Å². The van der Waals surface area contributed by atoms with Gasteiger partial charge in [0.2, 0.25) is 17.7 Å². The molecule has 0 spiro atoms. The van der Waals surface area contributed by atoms with Crippen LogP contribution in [0.4, 0.5) is 13.2 Å².